The number of aliphatic hydroxyl groups is 1. The number of rotatable bonds is 7. The van der Waals surface area contributed by atoms with Crippen molar-refractivity contribution in [3.63, 3.8) is 0 Å². The van der Waals surface area contributed by atoms with E-state index in [1.165, 1.54) is 13.0 Å². The number of hydrogen-bond acceptors (Lipinski definition) is 4. The van der Waals surface area contributed by atoms with Gasteiger partial charge in [0.25, 0.3) is 0 Å². The van der Waals surface area contributed by atoms with Gasteiger partial charge in [-0.2, -0.15) is 0 Å². The Kier molecular flexibility index (Phi) is 5.82. The zero-order valence-corrected chi connectivity index (χ0v) is 15.2. The maximum atomic E-state index is 13.1. The average Bonchev–Trinajstić information content (AvgIpc) is 2.53. The molecule has 0 fully saturated rings. The summed E-state index contributed by atoms with van der Waals surface area (Å²) >= 11 is 0. The minimum absolute atomic E-state index is 0.00542. The second-order valence-electron chi connectivity index (χ2n) is 6.26. The summed E-state index contributed by atoms with van der Waals surface area (Å²) in [5.74, 6) is 0.207. The third-order valence-electron chi connectivity index (χ3n) is 3.81. The van der Waals surface area contributed by atoms with Crippen LogP contribution in [-0.4, -0.2) is 32.8 Å². The molecule has 25 heavy (non-hydrogen) atoms. The molecule has 0 aliphatic heterocycles. The highest BCUT2D eigenvalue weighted by molar-refractivity contribution is 7.89. The van der Waals surface area contributed by atoms with Gasteiger partial charge in [0.1, 0.15) is 11.6 Å². The minimum Gasteiger partial charge on any atom is -0.497 e. The predicted molar refractivity (Wildman–Crippen MR) is 93.6 cm³/mol. The number of sulfonamides is 1. The Morgan fingerprint density at radius 1 is 1.20 bits per heavy atom. The molecule has 2 N–H and O–H groups in total. The number of nitrogens with one attached hydrogen (secondary N) is 1. The molecule has 136 valence electrons. The molecule has 7 heteroatoms. The molecule has 0 radical (unpaired) electrons. The lowest BCUT2D eigenvalue weighted by Crippen LogP contribution is -2.42. The second-order valence-corrected chi connectivity index (χ2v) is 7.99. The maximum Gasteiger partial charge on any atom is 0.240 e. The van der Waals surface area contributed by atoms with E-state index in [-0.39, 0.29) is 17.9 Å². The number of hydrogen-bond donors (Lipinski definition) is 2. The lowest BCUT2D eigenvalue weighted by atomic mass is 9.97. The van der Waals surface area contributed by atoms with E-state index < -0.39 is 21.4 Å². The largest absolute Gasteiger partial charge is 0.497 e. The van der Waals surface area contributed by atoms with Crippen LogP contribution < -0.4 is 9.46 Å². The van der Waals surface area contributed by atoms with E-state index in [0.29, 0.717) is 11.3 Å². The predicted octanol–water partition coefficient (Wildman–Crippen LogP) is 2.41. The van der Waals surface area contributed by atoms with E-state index in [4.69, 9.17) is 4.74 Å². The van der Waals surface area contributed by atoms with Crippen LogP contribution in [0.1, 0.15) is 18.1 Å². The van der Waals surface area contributed by atoms with Crippen LogP contribution in [0, 0.1) is 12.7 Å². The average molecular weight is 367 g/mol. The minimum atomic E-state index is -3.84. The van der Waals surface area contributed by atoms with Crippen LogP contribution in [0.5, 0.6) is 5.75 Å². The van der Waals surface area contributed by atoms with Crippen LogP contribution >= 0.6 is 0 Å². The van der Waals surface area contributed by atoms with E-state index in [9.17, 15) is 17.9 Å². The summed E-state index contributed by atoms with van der Waals surface area (Å²) in [5, 5.41) is 10.5. The topological polar surface area (TPSA) is 75.6 Å². The van der Waals surface area contributed by atoms with Crippen molar-refractivity contribution in [2.75, 3.05) is 13.7 Å². The summed E-state index contributed by atoms with van der Waals surface area (Å²) in [6.07, 6.45) is 0.266. The summed E-state index contributed by atoms with van der Waals surface area (Å²) < 4.78 is 45.4. The van der Waals surface area contributed by atoms with Crippen LogP contribution in [0.4, 0.5) is 4.39 Å². The van der Waals surface area contributed by atoms with Gasteiger partial charge >= 0.3 is 0 Å². The zero-order valence-electron chi connectivity index (χ0n) is 14.4. The van der Waals surface area contributed by atoms with Crippen molar-refractivity contribution in [2.24, 2.45) is 0 Å². The van der Waals surface area contributed by atoms with Gasteiger partial charge in [0.05, 0.1) is 17.6 Å². The lowest BCUT2D eigenvalue weighted by molar-refractivity contribution is 0.0657. The molecular formula is C18H22FNO4S. The van der Waals surface area contributed by atoms with Crippen LogP contribution in [0.25, 0.3) is 0 Å². The first-order valence-corrected chi connectivity index (χ1v) is 9.22. The molecule has 0 aliphatic carbocycles. The van der Waals surface area contributed by atoms with Gasteiger partial charge in [-0.15, -0.1) is 0 Å². The Bertz CT molecular complexity index is 833. The van der Waals surface area contributed by atoms with Crippen molar-refractivity contribution in [2.45, 2.75) is 30.8 Å². The Morgan fingerprint density at radius 2 is 1.84 bits per heavy atom. The van der Waals surface area contributed by atoms with Crippen molar-refractivity contribution < 1.29 is 22.7 Å². The third kappa shape index (κ3) is 5.26. The summed E-state index contributed by atoms with van der Waals surface area (Å²) in [6.45, 7) is 2.91. The van der Waals surface area contributed by atoms with Gasteiger partial charge < -0.3 is 9.84 Å². The Morgan fingerprint density at radius 3 is 2.40 bits per heavy atom. The van der Waals surface area contributed by atoms with Crippen molar-refractivity contribution in [3.8, 4) is 5.75 Å². The molecule has 2 aromatic rings. The molecular weight excluding hydrogens is 345 g/mol. The van der Waals surface area contributed by atoms with E-state index in [1.807, 2.05) is 12.1 Å². The second kappa shape index (κ2) is 7.51. The normalized spacial score (nSPS) is 14.1. The first kappa shape index (κ1) is 19.4. The fourth-order valence-electron chi connectivity index (χ4n) is 2.49. The smallest absolute Gasteiger partial charge is 0.240 e. The summed E-state index contributed by atoms with van der Waals surface area (Å²) in [6, 6.07) is 10.6. The Hall–Kier alpha value is -1.96. The number of ether oxygens (including phenoxy) is 1. The van der Waals surface area contributed by atoms with Gasteiger partial charge in [0.2, 0.25) is 10.0 Å². The van der Waals surface area contributed by atoms with E-state index in [2.05, 4.69) is 4.72 Å². The number of aryl methyl sites for hydroxylation is 1. The fourth-order valence-corrected chi connectivity index (χ4v) is 3.87. The summed E-state index contributed by atoms with van der Waals surface area (Å²) in [5.41, 5.74) is -0.125. The van der Waals surface area contributed by atoms with E-state index >= 15 is 0 Å². The first-order valence-electron chi connectivity index (χ1n) is 7.74. The highest BCUT2D eigenvalue weighted by Gasteiger charge is 2.25. The van der Waals surface area contributed by atoms with Gasteiger partial charge in [-0.25, -0.2) is 17.5 Å². The molecule has 0 amide bonds. The molecule has 0 aromatic heterocycles. The molecule has 0 saturated carbocycles. The number of halogens is 1. The fraction of sp³-hybridized carbons (Fsp3) is 0.333. The van der Waals surface area contributed by atoms with Gasteiger partial charge in [-0.3, -0.25) is 0 Å². The van der Waals surface area contributed by atoms with Gasteiger partial charge in [0.15, 0.2) is 0 Å². The van der Waals surface area contributed by atoms with Gasteiger partial charge in [-0.05, 0) is 55.3 Å². The SMILES string of the molecule is COc1ccc(C[C@](C)(O)CNS(=O)(=O)c2ccc(F)cc2C)cc1. The molecule has 5 nitrogen and oxygen atoms in total. The Labute approximate surface area is 147 Å². The standard InChI is InChI=1S/C18H22FNO4S/c1-13-10-15(19)6-9-17(13)25(22,23)20-12-18(2,21)11-14-4-7-16(24-3)8-5-14/h4-10,20-21H,11-12H2,1-3H3/t18-/m0/s1. The van der Waals surface area contributed by atoms with Crippen molar-refractivity contribution in [1.82, 2.24) is 4.72 Å². The molecule has 2 aromatic carbocycles. The molecule has 0 spiro atoms. The Balaban J connectivity index is 2.06. The van der Waals surface area contributed by atoms with Crippen molar-refractivity contribution >= 4 is 10.0 Å². The third-order valence-corrected chi connectivity index (χ3v) is 5.37. The highest BCUT2D eigenvalue weighted by Crippen LogP contribution is 2.19. The van der Waals surface area contributed by atoms with Gasteiger partial charge in [0, 0.05) is 13.0 Å². The van der Waals surface area contributed by atoms with Crippen molar-refractivity contribution in [1.29, 1.82) is 0 Å². The zero-order chi connectivity index (χ0) is 18.7. The number of benzene rings is 2. The van der Waals surface area contributed by atoms with Crippen LogP contribution in [-0.2, 0) is 16.4 Å². The maximum absolute atomic E-state index is 13.1. The van der Waals surface area contributed by atoms with Crippen LogP contribution in [0.2, 0.25) is 0 Å². The molecule has 2 rings (SSSR count). The highest BCUT2D eigenvalue weighted by atomic mass is 32.2. The molecule has 0 aliphatic rings. The number of methoxy groups -OCH3 is 1. The van der Waals surface area contributed by atoms with Gasteiger partial charge in [-0.1, -0.05) is 12.1 Å². The summed E-state index contributed by atoms with van der Waals surface area (Å²) in [7, 11) is -2.27. The quantitative estimate of drug-likeness (QED) is 0.788. The van der Waals surface area contributed by atoms with E-state index in [0.717, 1.165) is 17.7 Å². The van der Waals surface area contributed by atoms with Crippen LogP contribution in [0.3, 0.4) is 0 Å². The first-order chi connectivity index (χ1) is 11.6. The monoisotopic (exact) mass is 367 g/mol. The molecule has 0 unspecified atom stereocenters. The summed E-state index contributed by atoms with van der Waals surface area (Å²) in [4.78, 5) is -0.00542. The lowest BCUT2D eigenvalue weighted by Gasteiger charge is -2.24. The van der Waals surface area contributed by atoms with E-state index in [1.54, 1.807) is 26.2 Å². The van der Waals surface area contributed by atoms with Crippen LogP contribution in [0.15, 0.2) is 47.4 Å². The molecule has 1 atom stereocenters. The molecule has 0 heterocycles. The molecule has 0 saturated heterocycles. The molecule has 0 bridgehead atoms. The van der Waals surface area contributed by atoms with Crippen molar-refractivity contribution in [3.05, 3.63) is 59.4 Å².